The van der Waals surface area contributed by atoms with Crippen molar-refractivity contribution in [1.29, 1.82) is 0 Å². The van der Waals surface area contributed by atoms with Gasteiger partial charge in [-0.05, 0) is 39.0 Å². The summed E-state index contributed by atoms with van der Waals surface area (Å²) in [7, 11) is 1.96. The first-order chi connectivity index (χ1) is 12.7. The highest BCUT2D eigenvalue weighted by atomic mass is 16.5. The summed E-state index contributed by atoms with van der Waals surface area (Å²) in [6.07, 6.45) is 8.44. The van der Waals surface area contributed by atoms with Gasteiger partial charge in [0, 0.05) is 26.7 Å². The van der Waals surface area contributed by atoms with E-state index in [1.165, 1.54) is 25.7 Å². The number of nitrogens with one attached hydrogen (secondary N) is 2. The summed E-state index contributed by atoms with van der Waals surface area (Å²) in [6, 6.07) is 0. The number of ether oxygens (including phenoxy) is 1. The minimum atomic E-state index is 0.344. The molecule has 0 bridgehead atoms. The topological polar surface area (TPSA) is 76.4 Å². The van der Waals surface area contributed by atoms with E-state index in [-0.39, 0.29) is 0 Å². The highest BCUT2D eigenvalue weighted by Crippen LogP contribution is 2.30. The highest BCUT2D eigenvalue weighted by molar-refractivity contribution is 5.79. The Hall–Kier alpha value is -1.89. The van der Waals surface area contributed by atoms with Gasteiger partial charge in [-0.3, -0.25) is 0 Å². The van der Waals surface area contributed by atoms with Crippen LogP contribution >= 0.6 is 0 Å². The third kappa shape index (κ3) is 6.12. The van der Waals surface area contributed by atoms with Gasteiger partial charge in [0.2, 0.25) is 0 Å². The fourth-order valence-electron chi connectivity index (χ4n) is 3.41. The molecule has 1 unspecified atom stereocenters. The molecular weight excluding hydrogens is 328 g/mol. The molecule has 1 aliphatic rings. The van der Waals surface area contributed by atoms with Crippen molar-refractivity contribution in [3.05, 3.63) is 24.3 Å². The Morgan fingerprint density at radius 3 is 2.77 bits per heavy atom. The third-order valence-electron chi connectivity index (χ3n) is 5.00. The van der Waals surface area contributed by atoms with Crippen LogP contribution in [0.3, 0.4) is 0 Å². The van der Waals surface area contributed by atoms with Crippen LogP contribution in [-0.2, 0) is 18.3 Å². The maximum absolute atomic E-state index is 6.00. The van der Waals surface area contributed by atoms with Gasteiger partial charge in [-0.25, -0.2) is 4.99 Å². The smallest absolute Gasteiger partial charge is 0.191 e. The van der Waals surface area contributed by atoms with E-state index in [1.807, 2.05) is 24.6 Å². The van der Waals surface area contributed by atoms with Gasteiger partial charge in [0.25, 0.3) is 0 Å². The number of hydrogen-bond acceptors (Lipinski definition) is 4. The zero-order chi connectivity index (χ0) is 18.8. The highest BCUT2D eigenvalue weighted by Gasteiger charge is 2.25. The van der Waals surface area contributed by atoms with Crippen molar-refractivity contribution in [3.8, 4) is 0 Å². The molecule has 26 heavy (non-hydrogen) atoms. The minimum Gasteiger partial charge on any atom is -0.378 e. The van der Waals surface area contributed by atoms with Crippen molar-refractivity contribution >= 4 is 5.96 Å². The first-order valence-corrected chi connectivity index (χ1v) is 9.75. The molecule has 2 rings (SSSR count). The number of aromatic nitrogens is 3. The van der Waals surface area contributed by atoms with Crippen molar-refractivity contribution in [1.82, 2.24) is 25.4 Å². The van der Waals surface area contributed by atoms with Crippen LogP contribution in [0.25, 0.3) is 0 Å². The van der Waals surface area contributed by atoms with Crippen LogP contribution in [0.5, 0.6) is 0 Å². The standard InChI is InChI=1S/C19H34N6O/c1-5-12-20-19(22-14-18-24-23-15(3)25(18)4)21-13-11-17(26-6-2)16-9-7-8-10-16/h5,16-17H,1,6-14H2,2-4H3,(H2,20,21,22). The largest absolute Gasteiger partial charge is 0.378 e. The third-order valence-corrected chi connectivity index (χ3v) is 5.00. The normalized spacial score (nSPS) is 16.7. The molecule has 1 atom stereocenters. The lowest BCUT2D eigenvalue weighted by Gasteiger charge is -2.24. The number of rotatable bonds is 10. The van der Waals surface area contributed by atoms with Gasteiger partial charge in [-0.1, -0.05) is 18.9 Å². The molecule has 1 heterocycles. The van der Waals surface area contributed by atoms with Gasteiger partial charge < -0.3 is 19.9 Å². The van der Waals surface area contributed by atoms with E-state index in [4.69, 9.17) is 4.74 Å². The summed E-state index contributed by atoms with van der Waals surface area (Å²) >= 11 is 0. The number of nitrogens with zero attached hydrogens (tertiary/aromatic N) is 4. The molecule has 1 aromatic heterocycles. The van der Waals surface area contributed by atoms with Crippen molar-refractivity contribution in [2.24, 2.45) is 18.0 Å². The molecule has 0 saturated heterocycles. The fraction of sp³-hybridized carbons (Fsp3) is 0.737. The number of aliphatic imine (C=N–C) groups is 1. The molecule has 1 fully saturated rings. The van der Waals surface area contributed by atoms with Crippen LogP contribution in [0, 0.1) is 12.8 Å². The number of aryl methyl sites for hydroxylation is 1. The zero-order valence-electron chi connectivity index (χ0n) is 16.5. The van der Waals surface area contributed by atoms with Gasteiger partial charge in [0.15, 0.2) is 11.8 Å². The Morgan fingerprint density at radius 1 is 1.38 bits per heavy atom. The Morgan fingerprint density at radius 2 is 2.15 bits per heavy atom. The molecule has 0 aromatic carbocycles. The second-order valence-corrected chi connectivity index (χ2v) is 6.81. The lowest BCUT2D eigenvalue weighted by atomic mass is 9.98. The summed E-state index contributed by atoms with van der Waals surface area (Å²) in [4.78, 5) is 4.63. The molecule has 1 aromatic rings. The Balaban J connectivity index is 1.88. The molecular formula is C19H34N6O. The van der Waals surface area contributed by atoms with Gasteiger partial charge in [-0.2, -0.15) is 0 Å². The van der Waals surface area contributed by atoms with E-state index in [0.29, 0.717) is 25.1 Å². The molecule has 1 saturated carbocycles. The summed E-state index contributed by atoms with van der Waals surface area (Å²) in [5.74, 6) is 3.22. The predicted molar refractivity (Wildman–Crippen MR) is 105 cm³/mol. The Kier molecular flexibility index (Phi) is 8.61. The first-order valence-electron chi connectivity index (χ1n) is 9.75. The Bertz CT molecular complexity index is 577. The van der Waals surface area contributed by atoms with Crippen molar-refractivity contribution in [2.45, 2.75) is 58.6 Å². The SMILES string of the molecule is C=CCNC(=NCc1nnc(C)n1C)NCCC(OCC)C1CCCC1. The lowest BCUT2D eigenvalue weighted by Crippen LogP contribution is -2.39. The summed E-state index contributed by atoms with van der Waals surface area (Å²) < 4.78 is 7.96. The Labute approximate surface area is 157 Å². The van der Waals surface area contributed by atoms with Crippen LogP contribution in [-0.4, -0.2) is 46.5 Å². The minimum absolute atomic E-state index is 0.344. The van der Waals surface area contributed by atoms with Crippen molar-refractivity contribution < 1.29 is 4.74 Å². The predicted octanol–water partition coefficient (Wildman–Crippen LogP) is 2.33. The number of hydrogen-bond donors (Lipinski definition) is 2. The second kappa shape index (κ2) is 11.0. The summed E-state index contributed by atoms with van der Waals surface area (Å²) in [6.45, 7) is 10.5. The molecule has 7 nitrogen and oxygen atoms in total. The average Bonchev–Trinajstić information content (AvgIpc) is 3.28. The molecule has 0 aliphatic heterocycles. The lowest BCUT2D eigenvalue weighted by molar-refractivity contribution is 0.0169. The molecule has 0 amide bonds. The maximum atomic E-state index is 6.00. The van der Waals surface area contributed by atoms with Gasteiger partial charge >= 0.3 is 0 Å². The van der Waals surface area contributed by atoms with Crippen LogP contribution in [0.2, 0.25) is 0 Å². The van der Waals surface area contributed by atoms with E-state index in [9.17, 15) is 0 Å². The molecule has 7 heteroatoms. The summed E-state index contributed by atoms with van der Waals surface area (Å²) in [5.41, 5.74) is 0. The van der Waals surface area contributed by atoms with Gasteiger partial charge in [-0.15, -0.1) is 16.8 Å². The molecule has 1 aliphatic carbocycles. The van der Waals surface area contributed by atoms with Gasteiger partial charge in [0.1, 0.15) is 12.4 Å². The first kappa shape index (κ1) is 20.4. The van der Waals surface area contributed by atoms with E-state index < -0.39 is 0 Å². The van der Waals surface area contributed by atoms with E-state index >= 15 is 0 Å². The van der Waals surface area contributed by atoms with E-state index in [1.54, 1.807) is 0 Å². The van der Waals surface area contributed by atoms with Crippen molar-refractivity contribution in [3.63, 3.8) is 0 Å². The van der Waals surface area contributed by atoms with E-state index in [0.717, 1.165) is 37.2 Å². The second-order valence-electron chi connectivity index (χ2n) is 6.81. The molecule has 146 valence electrons. The quantitative estimate of drug-likeness (QED) is 0.379. The van der Waals surface area contributed by atoms with Crippen LogP contribution in [0.4, 0.5) is 0 Å². The van der Waals surface area contributed by atoms with Crippen molar-refractivity contribution in [2.75, 3.05) is 19.7 Å². The van der Waals surface area contributed by atoms with E-state index in [2.05, 4.69) is 39.3 Å². The average molecular weight is 363 g/mol. The molecule has 0 radical (unpaired) electrons. The molecule has 0 spiro atoms. The maximum Gasteiger partial charge on any atom is 0.191 e. The zero-order valence-corrected chi connectivity index (χ0v) is 16.5. The number of guanidine groups is 1. The molecule has 2 N–H and O–H groups in total. The fourth-order valence-corrected chi connectivity index (χ4v) is 3.41. The van der Waals surface area contributed by atoms with Crippen LogP contribution in [0.15, 0.2) is 17.6 Å². The van der Waals surface area contributed by atoms with Crippen LogP contribution in [0.1, 0.15) is 50.7 Å². The monoisotopic (exact) mass is 362 g/mol. The summed E-state index contributed by atoms with van der Waals surface area (Å²) in [5, 5.41) is 14.9. The van der Waals surface area contributed by atoms with Crippen LogP contribution < -0.4 is 10.6 Å². The van der Waals surface area contributed by atoms with Gasteiger partial charge in [0.05, 0.1) is 6.10 Å².